The fourth-order valence-electron chi connectivity index (χ4n) is 2.00. The summed E-state index contributed by atoms with van der Waals surface area (Å²) in [5, 5.41) is 9.89. The maximum absolute atomic E-state index is 12.0. The number of hydrogen-bond donors (Lipinski definition) is 1. The first-order chi connectivity index (χ1) is 8.63. The van der Waals surface area contributed by atoms with Crippen LogP contribution in [0.15, 0.2) is 24.3 Å². The lowest BCUT2D eigenvalue weighted by Crippen LogP contribution is -2.37. The van der Waals surface area contributed by atoms with E-state index >= 15 is 0 Å². The number of rotatable bonds is 4. The van der Waals surface area contributed by atoms with Gasteiger partial charge >= 0.3 is 5.97 Å². The van der Waals surface area contributed by atoms with Crippen molar-refractivity contribution < 1.29 is 19.4 Å². The van der Waals surface area contributed by atoms with Gasteiger partial charge in [0.25, 0.3) is 5.91 Å². The molecule has 1 aromatic carbocycles. The summed E-state index contributed by atoms with van der Waals surface area (Å²) in [5.74, 6) is -0.754. The van der Waals surface area contributed by atoms with Crippen LogP contribution < -0.4 is 0 Å². The van der Waals surface area contributed by atoms with Crippen LogP contribution in [0.25, 0.3) is 0 Å². The van der Waals surface area contributed by atoms with Gasteiger partial charge in [0.15, 0.2) is 0 Å². The molecule has 96 valence electrons. The molecule has 2 rings (SSSR count). The van der Waals surface area contributed by atoms with Crippen molar-refractivity contribution in [3.63, 3.8) is 0 Å². The van der Waals surface area contributed by atoms with Crippen molar-refractivity contribution in [3.8, 4) is 0 Å². The Morgan fingerprint density at radius 1 is 1.50 bits per heavy atom. The molecule has 1 aliphatic rings. The van der Waals surface area contributed by atoms with Crippen LogP contribution in [0, 0.1) is 0 Å². The maximum atomic E-state index is 12.0. The van der Waals surface area contributed by atoms with Crippen LogP contribution in [0.1, 0.15) is 29.3 Å². The van der Waals surface area contributed by atoms with Crippen LogP contribution in [-0.2, 0) is 16.1 Å². The second kappa shape index (κ2) is 5.18. The zero-order valence-corrected chi connectivity index (χ0v) is 10.1. The Hall–Kier alpha value is -1.88. The summed E-state index contributed by atoms with van der Waals surface area (Å²) in [6.45, 7) is 2.29. The fourth-order valence-corrected chi connectivity index (χ4v) is 2.00. The normalized spacial score (nSPS) is 15.4. The van der Waals surface area contributed by atoms with Crippen molar-refractivity contribution in [1.82, 2.24) is 4.90 Å². The summed E-state index contributed by atoms with van der Waals surface area (Å²) < 4.78 is 4.75. The van der Waals surface area contributed by atoms with Crippen LogP contribution >= 0.6 is 0 Å². The first-order valence-corrected chi connectivity index (χ1v) is 5.86. The Kier molecular flexibility index (Phi) is 3.62. The van der Waals surface area contributed by atoms with E-state index < -0.39 is 12.2 Å². The van der Waals surface area contributed by atoms with Crippen molar-refractivity contribution in [2.75, 3.05) is 6.61 Å². The number of amides is 1. The first-order valence-electron chi connectivity index (χ1n) is 5.86. The van der Waals surface area contributed by atoms with Gasteiger partial charge in [-0.2, -0.15) is 0 Å². The SMILES string of the molecule is CCOC(=O)C[C@@H](O)N1Cc2ccccc2C1=O. The highest BCUT2D eigenvalue weighted by Crippen LogP contribution is 2.24. The van der Waals surface area contributed by atoms with Crippen LogP contribution in [0.3, 0.4) is 0 Å². The van der Waals surface area contributed by atoms with Crippen molar-refractivity contribution in [1.29, 1.82) is 0 Å². The van der Waals surface area contributed by atoms with Gasteiger partial charge in [0.05, 0.1) is 13.0 Å². The molecule has 0 spiro atoms. The number of hydrogen-bond acceptors (Lipinski definition) is 4. The molecule has 0 aromatic heterocycles. The average Bonchev–Trinajstić information content (AvgIpc) is 2.68. The lowest BCUT2D eigenvalue weighted by Gasteiger charge is -2.21. The fraction of sp³-hybridized carbons (Fsp3) is 0.385. The number of aliphatic hydroxyl groups excluding tert-OH is 1. The summed E-state index contributed by atoms with van der Waals surface area (Å²) in [6.07, 6.45) is -1.34. The van der Waals surface area contributed by atoms with Crippen molar-refractivity contribution in [2.45, 2.75) is 26.1 Å². The lowest BCUT2D eigenvalue weighted by molar-refractivity contribution is -0.147. The molecule has 0 radical (unpaired) electrons. The highest BCUT2D eigenvalue weighted by atomic mass is 16.5. The van der Waals surface area contributed by atoms with E-state index in [1.165, 1.54) is 4.90 Å². The van der Waals surface area contributed by atoms with Crippen molar-refractivity contribution in [3.05, 3.63) is 35.4 Å². The lowest BCUT2D eigenvalue weighted by atomic mass is 10.1. The average molecular weight is 249 g/mol. The Morgan fingerprint density at radius 2 is 2.22 bits per heavy atom. The van der Waals surface area contributed by atoms with Gasteiger partial charge in [-0.25, -0.2) is 0 Å². The largest absolute Gasteiger partial charge is 0.466 e. The molecule has 1 amide bonds. The third kappa shape index (κ3) is 2.36. The van der Waals surface area contributed by atoms with Crippen LogP contribution in [0.4, 0.5) is 0 Å². The monoisotopic (exact) mass is 249 g/mol. The zero-order chi connectivity index (χ0) is 13.1. The molecule has 1 N–H and O–H groups in total. The van der Waals surface area contributed by atoms with Crippen LogP contribution in [0.5, 0.6) is 0 Å². The highest BCUT2D eigenvalue weighted by Gasteiger charge is 2.32. The predicted octanol–water partition coefficient (Wildman–Crippen LogP) is 0.914. The summed E-state index contributed by atoms with van der Waals surface area (Å²) in [5.41, 5.74) is 1.45. The molecule has 0 aliphatic carbocycles. The van der Waals surface area contributed by atoms with Gasteiger partial charge in [0.1, 0.15) is 6.23 Å². The van der Waals surface area contributed by atoms with Gasteiger partial charge in [-0.05, 0) is 18.6 Å². The number of ether oxygens (including phenoxy) is 1. The summed E-state index contributed by atoms with van der Waals surface area (Å²) in [7, 11) is 0. The van der Waals surface area contributed by atoms with Gasteiger partial charge < -0.3 is 14.7 Å². The van der Waals surface area contributed by atoms with E-state index in [1.807, 2.05) is 12.1 Å². The number of esters is 1. The summed E-state index contributed by atoms with van der Waals surface area (Å²) in [6, 6.07) is 7.17. The third-order valence-corrected chi connectivity index (χ3v) is 2.86. The number of carbonyl (C=O) groups excluding carboxylic acids is 2. The molecular formula is C13H15NO4. The molecule has 0 saturated heterocycles. The zero-order valence-electron chi connectivity index (χ0n) is 10.1. The molecule has 0 bridgehead atoms. The van der Waals surface area contributed by atoms with E-state index in [0.717, 1.165) is 5.56 Å². The Morgan fingerprint density at radius 3 is 2.89 bits per heavy atom. The third-order valence-electron chi connectivity index (χ3n) is 2.86. The topological polar surface area (TPSA) is 66.8 Å². The minimum Gasteiger partial charge on any atom is -0.466 e. The summed E-state index contributed by atoms with van der Waals surface area (Å²) >= 11 is 0. The molecule has 0 saturated carbocycles. The standard InChI is InChI=1S/C13H15NO4/c1-2-18-12(16)7-11(15)14-8-9-5-3-4-6-10(9)13(14)17/h3-6,11,15H,2,7-8H2,1H3/t11-/m1/s1. The predicted molar refractivity (Wildman–Crippen MR) is 63.6 cm³/mol. The molecule has 1 aliphatic heterocycles. The van der Waals surface area contributed by atoms with Crippen molar-refractivity contribution >= 4 is 11.9 Å². The van der Waals surface area contributed by atoms with E-state index in [4.69, 9.17) is 4.74 Å². The molecule has 0 unspecified atom stereocenters. The molecule has 0 fully saturated rings. The second-order valence-electron chi connectivity index (χ2n) is 4.08. The number of benzene rings is 1. The van der Waals surface area contributed by atoms with Gasteiger partial charge in [-0.1, -0.05) is 18.2 Å². The molecule has 18 heavy (non-hydrogen) atoms. The van der Waals surface area contributed by atoms with Gasteiger partial charge in [-0.15, -0.1) is 0 Å². The van der Waals surface area contributed by atoms with E-state index in [-0.39, 0.29) is 18.9 Å². The first kappa shape index (κ1) is 12.6. The van der Waals surface area contributed by atoms with Gasteiger partial charge in [-0.3, -0.25) is 9.59 Å². The van der Waals surface area contributed by atoms with Gasteiger partial charge in [0, 0.05) is 12.1 Å². The quantitative estimate of drug-likeness (QED) is 0.805. The van der Waals surface area contributed by atoms with E-state index in [0.29, 0.717) is 12.1 Å². The van der Waals surface area contributed by atoms with E-state index in [2.05, 4.69) is 0 Å². The maximum Gasteiger partial charge on any atom is 0.310 e. The Balaban J connectivity index is 2.04. The minimum atomic E-state index is -1.14. The van der Waals surface area contributed by atoms with Crippen molar-refractivity contribution in [2.24, 2.45) is 0 Å². The van der Waals surface area contributed by atoms with E-state index in [9.17, 15) is 14.7 Å². The van der Waals surface area contributed by atoms with Gasteiger partial charge in [0.2, 0.25) is 0 Å². The number of carbonyl (C=O) groups is 2. The molecule has 5 nitrogen and oxygen atoms in total. The second-order valence-corrected chi connectivity index (χ2v) is 4.08. The van der Waals surface area contributed by atoms with Crippen LogP contribution in [0.2, 0.25) is 0 Å². The molecule has 1 atom stereocenters. The minimum absolute atomic E-state index is 0.201. The number of fused-ring (bicyclic) bond motifs is 1. The van der Waals surface area contributed by atoms with Crippen LogP contribution in [-0.4, -0.2) is 34.7 Å². The Bertz CT molecular complexity index is 472. The highest BCUT2D eigenvalue weighted by molar-refractivity contribution is 5.98. The molecule has 1 aromatic rings. The number of aliphatic hydroxyl groups is 1. The molecule has 5 heteroatoms. The molecule has 1 heterocycles. The smallest absolute Gasteiger partial charge is 0.310 e. The van der Waals surface area contributed by atoms with E-state index in [1.54, 1.807) is 19.1 Å². The number of nitrogens with zero attached hydrogens (tertiary/aromatic N) is 1. The molecular weight excluding hydrogens is 234 g/mol. The summed E-state index contributed by atoms with van der Waals surface area (Å²) in [4.78, 5) is 24.5. The Labute approximate surface area is 105 Å².